The molecule has 0 aliphatic carbocycles. The highest BCUT2D eigenvalue weighted by atomic mass is 79.9. The Morgan fingerprint density at radius 2 is 1.02 bits per heavy atom. The van der Waals surface area contributed by atoms with Crippen molar-refractivity contribution in [1.82, 2.24) is 26.3 Å². The summed E-state index contributed by atoms with van der Waals surface area (Å²) in [6, 6.07) is 15.4. The zero-order valence-corrected chi connectivity index (χ0v) is 62.2. The molecule has 0 bridgehead atoms. The number of nitrogens with one attached hydrogen (secondary N) is 5. The smallest absolute Gasteiger partial charge is 0.369 e. The normalized spacial score (nSPS) is 12.3. The van der Waals surface area contributed by atoms with E-state index in [4.69, 9.17) is 70.7 Å². The number of phenols is 2. The lowest BCUT2D eigenvalue weighted by Crippen LogP contribution is -2.32. The number of pyridine rings is 1. The van der Waals surface area contributed by atoms with E-state index in [-0.39, 0.29) is 103 Å². The summed E-state index contributed by atoms with van der Waals surface area (Å²) in [6.45, 7) is 7.95. The van der Waals surface area contributed by atoms with Crippen LogP contribution in [0.3, 0.4) is 0 Å². The standard InChI is InChI=1S/C12H13ClFNO2.C10H10FNO2.C10H8FNO2.C9H7ClFNO2.C9H8FNO2.C8H7FO3.C4H11NO2.C2H6O.2CH3F.CH4.BBr3/c1-6(2)17-11-8(14)5-7-3-4-15-12(16)9(7)10(11)13;2*1-14-9-5-7-6(4-8(9)11)2-3-12-10(7)13;10-7-6-4(1-2-12-9(6)14)3-5(11)8(7)13;10-7-3-5-1-2-11-9(13)6(5)4-8(7)12;1-12-7-4-5(8(10)11)2-3-6(7)9;1-6-4(3-5)7-2;1-2-3;2*1-2;;2-1(3)4/h5-6H,3-4H2,1-2H3,(H,15,16);4-5H,2-3H2,1H3,(H,12,13);2-5H,1H3,(H,12,13);3,13H,1-2H2,(H,12,14);3-4,12H,1-2H2,(H,11,13);2-4H,1H3,(H,10,11);4H,3,5H2,1-2H3;3H,2H2,1H3;2*1H3;1H4;/i;;;;;;;;2*1D;;. The van der Waals surface area contributed by atoms with Gasteiger partial charge in [-0.25, -0.2) is 31.1 Å². The van der Waals surface area contributed by atoms with Gasteiger partial charge in [-0.2, -0.15) is 0 Å². The SMILES string of the molecule is BrB(Br)Br.C.CC(C)Oc1c(F)cc2c(c1Cl)C(=O)NCC2.CCO.COC(CN)OC.COc1cc(C(=O)O)ccc1F.COc1cc2c(=O)[nH]ccc2cc1F.COc1cc2c(cc1F)CCNC2=O.O=C1NCCc2cc(F)c(O)c(Cl)c21.O=C1NCCc2cc(F)c(O)cc21.[2H]CF.[2H]CF. The molecule has 0 fully saturated rings. The zero-order chi connectivity index (χ0) is 79.1. The summed E-state index contributed by atoms with van der Waals surface area (Å²) in [4.78, 5) is 69.8. The number of aliphatic hydroxyl groups excluding tert-OH is 1. The minimum absolute atomic E-state index is 0. The van der Waals surface area contributed by atoms with Crippen molar-refractivity contribution in [2.24, 2.45) is 5.73 Å². The van der Waals surface area contributed by atoms with Crippen LogP contribution in [0.1, 0.15) is 105 Å². The maximum atomic E-state index is 13.8. The molecular formula is C67H80BBr3Cl2F8N6O16. The van der Waals surface area contributed by atoms with E-state index in [0.29, 0.717) is 103 Å². The maximum absolute atomic E-state index is 13.8. The fourth-order valence-corrected chi connectivity index (χ4v) is 9.40. The van der Waals surface area contributed by atoms with Crippen LogP contribution in [-0.2, 0) is 35.2 Å². The molecule has 103 heavy (non-hydrogen) atoms. The number of nitrogens with two attached hydrogens (primary N) is 1. The van der Waals surface area contributed by atoms with E-state index in [2.05, 4.69) is 78.3 Å². The molecule has 0 radical (unpaired) electrons. The minimum Gasteiger partial charge on any atom is -0.505 e. The summed E-state index contributed by atoms with van der Waals surface area (Å²) in [7, 11) is 5.14. The topological polar surface area (TPSA) is 329 Å². The number of aromatic amines is 1. The first-order valence-corrected chi connectivity index (χ1v) is 33.0. The molecule has 0 unspecified atom stereocenters. The van der Waals surface area contributed by atoms with Gasteiger partial charge in [0.05, 0.1) is 76.6 Å². The molecule has 22 nitrogen and oxygen atoms in total. The molecule has 0 spiro atoms. The highest BCUT2D eigenvalue weighted by Gasteiger charge is 2.28. The zero-order valence-electron chi connectivity index (χ0n) is 57.9. The predicted molar refractivity (Wildman–Crippen MR) is 389 cm³/mol. The molecule has 4 aliphatic heterocycles. The number of carboxylic acid groups (broad SMARTS) is 1. The number of hydrogen-bond donors (Lipinski definition) is 10. The Morgan fingerprint density at radius 3 is 1.47 bits per heavy atom. The average molecular weight is 1700 g/mol. The third kappa shape index (κ3) is 30.0. The number of halogens is 13. The first kappa shape index (κ1) is 91.1. The summed E-state index contributed by atoms with van der Waals surface area (Å²) in [5.41, 5.74) is 8.85. The third-order valence-electron chi connectivity index (χ3n) is 13.3. The quantitative estimate of drug-likeness (QED) is 0.0365. The second kappa shape index (κ2) is 49.7. The van der Waals surface area contributed by atoms with Crippen molar-refractivity contribution in [1.29, 1.82) is 0 Å². The number of carbonyl (C=O) groups excluding carboxylic acids is 4. The highest BCUT2D eigenvalue weighted by Crippen LogP contribution is 2.37. The van der Waals surface area contributed by atoms with E-state index in [1.54, 1.807) is 41.1 Å². The molecular weight excluding hydrogens is 1620 g/mol. The van der Waals surface area contributed by atoms with Crippen LogP contribution in [0.4, 0.5) is 35.1 Å². The molecule has 0 atom stereocenters. The van der Waals surface area contributed by atoms with Crippen molar-refractivity contribution in [3.05, 3.63) is 184 Å². The Labute approximate surface area is 627 Å². The van der Waals surface area contributed by atoms with E-state index < -0.39 is 66.7 Å². The first-order valence-electron chi connectivity index (χ1n) is 30.9. The Kier molecular flexibility index (Phi) is 43.9. The molecule has 4 amide bonds. The summed E-state index contributed by atoms with van der Waals surface area (Å²) in [5.74, 6) is -6.64. The molecule has 11 N–H and O–H groups in total. The van der Waals surface area contributed by atoms with Gasteiger partial charge in [0.25, 0.3) is 29.2 Å². The lowest BCUT2D eigenvalue weighted by Gasteiger charge is -2.21. The number of aromatic hydroxyl groups is 2. The molecule has 1 aromatic heterocycles. The number of fused-ring (bicyclic) bond motifs is 5. The molecule has 6 aromatic carbocycles. The number of alkyl halides is 2. The van der Waals surface area contributed by atoms with Crippen LogP contribution in [-0.4, -0.2) is 160 Å². The van der Waals surface area contributed by atoms with Crippen molar-refractivity contribution in [3.8, 4) is 34.5 Å². The van der Waals surface area contributed by atoms with Gasteiger partial charge >= 0.3 is 9.15 Å². The van der Waals surface area contributed by atoms with E-state index >= 15 is 0 Å². The van der Waals surface area contributed by atoms with Gasteiger partial charge in [-0.05, 0) is 147 Å². The average Bonchev–Trinajstić information content (AvgIpc) is 0.795. The number of amides is 4. The van der Waals surface area contributed by atoms with Crippen molar-refractivity contribution in [3.63, 3.8) is 0 Å². The number of ether oxygens (including phenoxy) is 6. The van der Waals surface area contributed by atoms with Gasteiger partial charge < -0.3 is 80.8 Å². The number of benzene rings is 6. The van der Waals surface area contributed by atoms with Gasteiger partial charge in [0.1, 0.15) is 0 Å². The molecule has 5 heterocycles. The van der Waals surface area contributed by atoms with E-state index in [0.717, 1.165) is 23.8 Å². The van der Waals surface area contributed by atoms with Gasteiger partial charge in [0, 0.05) is 70.9 Å². The van der Waals surface area contributed by atoms with E-state index in [1.165, 1.54) is 76.1 Å². The van der Waals surface area contributed by atoms with Crippen LogP contribution in [0.15, 0.2) is 83.8 Å². The third-order valence-corrected chi connectivity index (χ3v) is 14.0. The molecule has 36 heteroatoms. The lowest BCUT2D eigenvalue weighted by atomic mass is 9.99. The number of phenolic OH excluding ortho intramolecular Hbond substituents is 2. The molecule has 11 rings (SSSR count). The second-order valence-corrected chi connectivity index (χ2v) is 27.3. The van der Waals surface area contributed by atoms with Crippen molar-refractivity contribution >= 4 is 114 Å². The molecule has 7 aromatic rings. The number of aromatic carboxylic acids is 1. The molecule has 4 aliphatic rings. The molecule has 0 saturated carbocycles. The fraction of sp³-hybridized carbons (Fsp3) is 0.343. The number of H-pyrrole nitrogens is 1. The van der Waals surface area contributed by atoms with E-state index in [1.807, 2.05) is 0 Å². The number of carbonyl (C=O) groups is 5. The van der Waals surface area contributed by atoms with Crippen LogP contribution in [0.5, 0.6) is 34.5 Å². The Bertz CT molecular complexity index is 4010. The Morgan fingerprint density at radius 1 is 0.612 bits per heavy atom. The molecule has 0 saturated heterocycles. The van der Waals surface area contributed by atoms with Crippen molar-refractivity contribution in [2.75, 3.05) is 89.2 Å². The van der Waals surface area contributed by atoms with Gasteiger partial charge in [-0.1, -0.05) is 30.6 Å². The minimum atomic E-state index is -1.10. The molecule has 568 valence electrons. The second-order valence-electron chi connectivity index (χ2n) is 20.1. The lowest BCUT2D eigenvalue weighted by molar-refractivity contribution is -0.0940. The van der Waals surface area contributed by atoms with Gasteiger partial charge in [0.15, 0.2) is 75.7 Å². The summed E-state index contributed by atoms with van der Waals surface area (Å²) < 4.78 is 139. The van der Waals surface area contributed by atoms with Gasteiger partial charge in [-0.15, -0.1) is 47.3 Å². The van der Waals surface area contributed by atoms with Crippen molar-refractivity contribution < 1.29 is 111 Å². The monoisotopic (exact) mass is 1700 g/mol. The van der Waals surface area contributed by atoms with Crippen LogP contribution in [0.25, 0.3) is 10.8 Å². The highest BCUT2D eigenvalue weighted by molar-refractivity contribution is 9.69. The Balaban J connectivity index is 0.00000118. The van der Waals surface area contributed by atoms with Crippen molar-refractivity contribution in [2.45, 2.75) is 66.3 Å². The van der Waals surface area contributed by atoms with E-state index in [9.17, 15) is 69.0 Å². The largest absolute Gasteiger partial charge is 0.505 e. The maximum Gasteiger partial charge on any atom is 0.369 e. The fourth-order valence-electron chi connectivity index (χ4n) is 8.76. The summed E-state index contributed by atoms with van der Waals surface area (Å²) in [6.07, 6.45) is 3.43. The van der Waals surface area contributed by atoms with Crippen LogP contribution >= 0.6 is 70.5 Å². The summed E-state index contributed by atoms with van der Waals surface area (Å²) in [5, 5.41) is 45.7. The number of carboxylic acids is 1. The number of rotatable bonds is 9. The summed E-state index contributed by atoms with van der Waals surface area (Å²) >= 11 is 21.0. The Hall–Kier alpha value is -7.96. The first-order chi connectivity index (χ1) is 49.2. The number of aliphatic hydroxyl groups is 1. The van der Waals surface area contributed by atoms with Crippen LogP contribution in [0, 0.1) is 34.9 Å². The number of hydrogen-bond acceptors (Lipinski definition) is 16. The van der Waals surface area contributed by atoms with Crippen LogP contribution < -0.4 is 51.5 Å². The van der Waals surface area contributed by atoms with Gasteiger partial charge in [0.2, 0.25) is 0 Å². The van der Waals surface area contributed by atoms with Gasteiger partial charge in [-0.3, -0.25) is 32.8 Å². The van der Waals surface area contributed by atoms with Crippen LogP contribution in [0.2, 0.25) is 10.0 Å². The number of methoxy groups -OCH3 is 5. The number of aromatic nitrogens is 1. The predicted octanol–water partition coefficient (Wildman–Crippen LogP) is 12.7.